The minimum atomic E-state index is -1.64. The lowest BCUT2D eigenvalue weighted by Crippen LogP contribution is -2.44. The van der Waals surface area contributed by atoms with Crippen molar-refractivity contribution < 1.29 is 42.9 Å². The maximum atomic E-state index is 12.9. The highest BCUT2D eigenvalue weighted by Crippen LogP contribution is 2.15. The zero-order valence-corrected chi connectivity index (χ0v) is 49.3. The third-order valence-corrected chi connectivity index (χ3v) is 12.1. The summed E-state index contributed by atoms with van der Waals surface area (Å²) in [4.78, 5) is 37.3. The highest BCUT2D eigenvalue weighted by Gasteiger charge is 2.22. The molecular formula is C68H109NO8. The number of esters is 2. The van der Waals surface area contributed by atoms with E-state index in [4.69, 9.17) is 18.9 Å². The number of hydrogen-bond acceptors (Lipinski definition) is 8. The number of likely N-dealkylation sites (N-methyl/N-ethyl adjacent to an activating group) is 1. The predicted molar refractivity (Wildman–Crippen MR) is 324 cm³/mol. The third kappa shape index (κ3) is 58.7. The quantitative estimate of drug-likeness (QED) is 0.0195. The maximum absolute atomic E-state index is 12.9. The first-order valence-electron chi connectivity index (χ1n) is 30.0. The van der Waals surface area contributed by atoms with E-state index in [2.05, 4.69) is 160 Å². The average molecular weight is 1070 g/mol. The van der Waals surface area contributed by atoms with Gasteiger partial charge in [0.15, 0.2) is 12.4 Å². The van der Waals surface area contributed by atoms with Crippen molar-refractivity contribution >= 4 is 17.9 Å². The fourth-order valence-corrected chi connectivity index (χ4v) is 7.55. The van der Waals surface area contributed by atoms with Crippen LogP contribution in [-0.2, 0) is 33.3 Å². The van der Waals surface area contributed by atoms with Gasteiger partial charge in [-0.2, -0.15) is 0 Å². The minimum absolute atomic E-state index is 0.131. The number of aliphatic carboxylic acids is 1. The summed E-state index contributed by atoms with van der Waals surface area (Å²) in [6.07, 6.45) is 80.6. The lowest BCUT2D eigenvalue weighted by atomic mass is 10.0. The van der Waals surface area contributed by atoms with Crippen LogP contribution in [0.4, 0.5) is 0 Å². The molecule has 0 spiro atoms. The third-order valence-electron chi connectivity index (χ3n) is 12.1. The second-order valence-electron chi connectivity index (χ2n) is 20.5. The van der Waals surface area contributed by atoms with E-state index in [1.165, 1.54) is 64.2 Å². The molecule has 0 aliphatic rings. The van der Waals surface area contributed by atoms with Gasteiger partial charge in [0.05, 0.1) is 40.3 Å². The Morgan fingerprint density at radius 3 is 1.08 bits per heavy atom. The smallest absolute Gasteiger partial charge is 0.306 e. The number of allylic oxidation sites excluding steroid dienone is 24. The van der Waals surface area contributed by atoms with Gasteiger partial charge in [0.25, 0.3) is 0 Å². The van der Waals surface area contributed by atoms with Crippen LogP contribution in [0.5, 0.6) is 0 Å². The van der Waals surface area contributed by atoms with Crippen LogP contribution in [0, 0.1) is 0 Å². The Hall–Kier alpha value is -4.83. The molecule has 434 valence electrons. The van der Waals surface area contributed by atoms with E-state index in [0.29, 0.717) is 23.9 Å². The summed E-state index contributed by atoms with van der Waals surface area (Å²) in [6, 6.07) is 0. The van der Waals surface area contributed by atoms with Crippen LogP contribution in [0.3, 0.4) is 0 Å². The number of carboxylic acids is 1. The standard InChI is InChI=1S/C68H109NO8/c1-6-8-10-12-14-16-18-20-22-24-25-26-27-28-29-30-31-32-33-34-35-36-37-38-39-40-41-43-45-47-49-51-53-55-57-59-66(71)77-64(63-76-68(67(72)73)74-61-60-69(3,4)5)62-75-65(70)58-56-54-52-50-48-46-44-42-23-21-19-17-15-13-11-9-7-2/h8-11,14-17,20-23,25-26,28-29,31-32,34-35,44,46,50,52,64,68H,6-7,12-13,18-19,24,27,30,33,36-43,45,47-49,51,53-63H2,1-5H3/b10-8-,11-9-,16-14-,17-15-,22-20-,23-21-,26-25-,29-28-,32-31-,35-34-,46-44-,52-50-. The maximum Gasteiger partial charge on any atom is 0.306 e. The number of carboxylic acid groups (broad SMARTS) is 1. The highest BCUT2D eigenvalue weighted by molar-refractivity contribution is 5.70. The minimum Gasteiger partial charge on any atom is -0.545 e. The van der Waals surface area contributed by atoms with Crippen LogP contribution in [-0.4, -0.2) is 82.3 Å². The highest BCUT2D eigenvalue weighted by atomic mass is 16.7. The molecule has 9 nitrogen and oxygen atoms in total. The SMILES string of the molecule is CC/C=C\C/C=C\C/C=C\C/C=C\C/C=C\C/C=C\C/C=C\CCCCCCCCCCCCCCCC(=O)OC(COC(=O)CCC/C=C\C/C=C\C/C=C\C/C=C\C/C=C\CC)COC(OCC[N+](C)(C)C)C(=O)[O-]. The average Bonchev–Trinajstić information content (AvgIpc) is 3.40. The van der Waals surface area contributed by atoms with Gasteiger partial charge in [0, 0.05) is 12.8 Å². The Bertz CT molecular complexity index is 1770. The molecule has 0 heterocycles. The molecule has 0 fully saturated rings. The molecule has 0 aliphatic heterocycles. The van der Waals surface area contributed by atoms with Crippen molar-refractivity contribution in [3.8, 4) is 0 Å². The van der Waals surface area contributed by atoms with Crippen molar-refractivity contribution in [1.29, 1.82) is 0 Å². The van der Waals surface area contributed by atoms with E-state index in [0.717, 1.165) is 103 Å². The number of hydrogen-bond donors (Lipinski definition) is 0. The molecule has 0 saturated heterocycles. The van der Waals surface area contributed by atoms with Crippen LogP contribution in [0.2, 0.25) is 0 Å². The van der Waals surface area contributed by atoms with Gasteiger partial charge < -0.3 is 33.3 Å². The molecule has 2 atom stereocenters. The first-order valence-corrected chi connectivity index (χ1v) is 30.0. The second-order valence-corrected chi connectivity index (χ2v) is 20.5. The van der Waals surface area contributed by atoms with E-state index in [-0.39, 0.29) is 32.7 Å². The molecule has 0 aromatic carbocycles. The number of carbonyl (C=O) groups is 3. The lowest BCUT2D eigenvalue weighted by Gasteiger charge is -2.26. The van der Waals surface area contributed by atoms with Gasteiger partial charge in [0.2, 0.25) is 0 Å². The number of quaternary nitrogens is 1. The Morgan fingerprint density at radius 2 is 0.714 bits per heavy atom. The van der Waals surface area contributed by atoms with Crippen molar-refractivity contribution in [1.82, 2.24) is 0 Å². The number of rotatable bonds is 53. The fraction of sp³-hybridized carbons (Fsp3) is 0.603. The molecule has 0 N–H and O–H groups in total. The zero-order valence-electron chi connectivity index (χ0n) is 49.3. The van der Waals surface area contributed by atoms with Crippen LogP contribution in [0.25, 0.3) is 0 Å². The molecule has 0 rings (SSSR count). The van der Waals surface area contributed by atoms with Crippen molar-refractivity contribution in [3.63, 3.8) is 0 Å². The molecule has 2 unspecified atom stereocenters. The predicted octanol–water partition coefficient (Wildman–Crippen LogP) is 16.7. The molecule has 0 radical (unpaired) electrons. The first kappa shape index (κ1) is 72.2. The number of unbranched alkanes of at least 4 members (excludes halogenated alkanes) is 14. The number of ether oxygens (including phenoxy) is 4. The zero-order chi connectivity index (χ0) is 56.2. The van der Waals surface area contributed by atoms with E-state index in [9.17, 15) is 19.5 Å². The molecule has 0 saturated carbocycles. The number of nitrogens with zero attached hydrogens (tertiary/aromatic N) is 1. The van der Waals surface area contributed by atoms with E-state index >= 15 is 0 Å². The summed E-state index contributed by atoms with van der Waals surface area (Å²) in [5.41, 5.74) is 0. The molecule has 77 heavy (non-hydrogen) atoms. The van der Waals surface area contributed by atoms with Gasteiger partial charge in [0.1, 0.15) is 13.2 Å². The van der Waals surface area contributed by atoms with Crippen molar-refractivity contribution in [2.24, 2.45) is 0 Å². The van der Waals surface area contributed by atoms with E-state index in [1.54, 1.807) is 0 Å². The molecule has 0 aliphatic carbocycles. The second kappa shape index (κ2) is 57.3. The van der Waals surface area contributed by atoms with Crippen LogP contribution < -0.4 is 5.11 Å². The Kier molecular flexibility index (Phi) is 53.8. The van der Waals surface area contributed by atoms with Gasteiger partial charge in [-0.15, -0.1) is 0 Å². The summed E-state index contributed by atoms with van der Waals surface area (Å²) in [5.74, 6) is -2.38. The van der Waals surface area contributed by atoms with Gasteiger partial charge in [-0.1, -0.05) is 230 Å². The molecule has 0 aromatic heterocycles. The van der Waals surface area contributed by atoms with E-state index < -0.39 is 30.3 Å². The lowest BCUT2D eigenvalue weighted by molar-refractivity contribution is -0.870. The van der Waals surface area contributed by atoms with Crippen LogP contribution in [0.1, 0.15) is 206 Å². The van der Waals surface area contributed by atoms with Crippen molar-refractivity contribution in [2.45, 2.75) is 219 Å². The van der Waals surface area contributed by atoms with Gasteiger partial charge in [-0.25, -0.2) is 0 Å². The first-order chi connectivity index (χ1) is 37.6. The largest absolute Gasteiger partial charge is 0.545 e. The number of carbonyl (C=O) groups excluding carboxylic acids is 3. The van der Waals surface area contributed by atoms with Gasteiger partial charge >= 0.3 is 11.9 Å². The summed E-state index contributed by atoms with van der Waals surface area (Å²) in [7, 11) is 5.89. The van der Waals surface area contributed by atoms with Crippen molar-refractivity contribution in [2.75, 3.05) is 47.5 Å². The Labute approximate surface area is 471 Å². The summed E-state index contributed by atoms with van der Waals surface area (Å²) in [5, 5.41) is 11.8. The monoisotopic (exact) mass is 1070 g/mol. The topological polar surface area (TPSA) is 111 Å². The van der Waals surface area contributed by atoms with Gasteiger partial charge in [-0.05, 0) is 109 Å². The van der Waals surface area contributed by atoms with Crippen LogP contribution >= 0.6 is 0 Å². The Balaban J connectivity index is 4.23. The van der Waals surface area contributed by atoms with Crippen molar-refractivity contribution in [3.05, 3.63) is 146 Å². The van der Waals surface area contributed by atoms with Gasteiger partial charge in [-0.3, -0.25) is 9.59 Å². The van der Waals surface area contributed by atoms with E-state index in [1.807, 2.05) is 21.1 Å². The molecule has 9 heteroatoms. The van der Waals surface area contributed by atoms with Crippen LogP contribution in [0.15, 0.2) is 146 Å². The molecule has 0 bridgehead atoms. The summed E-state index contributed by atoms with van der Waals surface area (Å²) in [6.45, 7) is 4.43. The summed E-state index contributed by atoms with van der Waals surface area (Å²) >= 11 is 0. The fourth-order valence-electron chi connectivity index (χ4n) is 7.55. The Morgan fingerprint density at radius 1 is 0.390 bits per heavy atom. The normalized spacial score (nSPS) is 13.8. The summed E-state index contributed by atoms with van der Waals surface area (Å²) < 4.78 is 22.6. The molecular weight excluding hydrogens is 959 g/mol. The molecule has 0 aromatic rings. The molecule has 0 amide bonds.